The smallest absolute Gasteiger partial charge is 0.327 e. The Labute approximate surface area is 161 Å². The first-order chi connectivity index (χ1) is 13.3. The number of carbonyl (C=O) groups is 3. The van der Waals surface area contributed by atoms with Crippen LogP contribution in [0.3, 0.4) is 0 Å². The number of carbonyl (C=O) groups excluding carboxylic acids is 2. The molecule has 0 radical (unpaired) electrons. The minimum atomic E-state index is -1.24. The highest BCUT2D eigenvalue weighted by Crippen LogP contribution is 2.64. The normalized spacial score (nSPS) is 35.0. The maximum atomic E-state index is 13.4. The summed E-state index contributed by atoms with van der Waals surface area (Å²) >= 11 is 0. The first-order valence-electron chi connectivity index (χ1n) is 9.61. The molecule has 3 fully saturated rings. The molecule has 1 unspecified atom stereocenters. The van der Waals surface area contributed by atoms with E-state index in [-0.39, 0.29) is 18.6 Å². The van der Waals surface area contributed by atoms with Gasteiger partial charge in [0, 0.05) is 23.5 Å². The zero-order chi connectivity index (χ0) is 19.8. The van der Waals surface area contributed by atoms with Crippen molar-refractivity contribution in [1.29, 1.82) is 0 Å². The van der Waals surface area contributed by atoms with Gasteiger partial charge in [-0.25, -0.2) is 4.79 Å². The van der Waals surface area contributed by atoms with Crippen LogP contribution in [0.4, 0.5) is 0 Å². The number of amides is 2. The number of rotatable bonds is 4. The molecule has 1 aromatic heterocycles. The molecule has 0 saturated carbocycles. The number of carboxylic acid groups (broad SMARTS) is 1. The highest BCUT2D eigenvalue weighted by Gasteiger charge is 2.77. The molecule has 1 aromatic carbocycles. The van der Waals surface area contributed by atoms with Crippen LogP contribution < -0.4 is 0 Å². The zero-order valence-corrected chi connectivity index (χ0v) is 15.8. The van der Waals surface area contributed by atoms with Gasteiger partial charge >= 0.3 is 5.97 Å². The van der Waals surface area contributed by atoms with E-state index in [2.05, 4.69) is 4.98 Å². The van der Waals surface area contributed by atoms with Gasteiger partial charge in [-0.2, -0.15) is 0 Å². The van der Waals surface area contributed by atoms with Crippen molar-refractivity contribution in [3.63, 3.8) is 0 Å². The number of imide groups is 1. The number of nitrogens with one attached hydrogen (secondary N) is 1. The Bertz CT molecular complexity index is 995. The van der Waals surface area contributed by atoms with Gasteiger partial charge in [-0.3, -0.25) is 14.5 Å². The lowest BCUT2D eigenvalue weighted by Gasteiger charge is -2.36. The number of fused-ring (bicyclic) bond motifs is 6. The second-order valence-corrected chi connectivity index (χ2v) is 8.49. The molecule has 2 bridgehead atoms. The van der Waals surface area contributed by atoms with Gasteiger partial charge in [-0.15, -0.1) is 0 Å². The zero-order valence-electron chi connectivity index (χ0n) is 15.8. The van der Waals surface area contributed by atoms with Crippen molar-refractivity contribution in [2.45, 2.75) is 51.4 Å². The van der Waals surface area contributed by atoms with E-state index in [4.69, 9.17) is 4.74 Å². The molecule has 28 heavy (non-hydrogen) atoms. The molecule has 2 amide bonds. The summed E-state index contributed by atoms with van der Waals surface area (Å²) < 4.78 is 5.92. The Hall–Kier alpha value is -2.67. The van der Waals surface area contributed by atoms with Gasteiger partial charge in [0.1, 0.15) is 6.04 Å². The fraction of sp³-hybridized carbons (Fsp3) is 0.476. The van der Waals surface area contributed by atoms with Crippen LogP contribution in [-0.2, 0) is 25.5 Å². The topological polar surface area (TPSA) is 99.7 Å². The van der Waals surface area contributed by atoms with Crippen molar-refractivity contribution < 1.29 is 24.2 Å². The van der Waals surface area contributed by atoms with Crippen LogP contribution in [0, 0.1) is 10.8 Å². The molecule has 7 heteroatoms. The summed E-state index contributed by atoms with van der Waals surface area (Å²) in [4.78, 5) is 43.1. The number of likely N-dealkylation sites (tertiary alicyclic amines) is 1. The lowest BCUT2D eigenvalue weighted by Crippen LogP contribution is -2.49. The lowest BCUT2D eigenvalue weighted by molar-refractivity contribution is -0.158. The van der Waals surface area contributed by atoms with E-state index in [0.717, 1.165) is 34.2 Å². The Morgan fingerprint density at radius 1 is 1.21 bits per heavy atom. The molecule has 5 atom stereocenters. The van der Waals surface area contributed by atoms with E-state index in [0.29, 0.717) is 0 Å². The maximum Gasteiger partial charge on any atom is 0.327 e. The molecule has 0 aliphatic carbocycles. The number of nitrogens with zero attached hydrogens (tertiary/aromatic N) is 1. The number of hydrogen-bond donors (Lipinski definition) is 2. The van der Waals surface area contributed by atoms with Crippen molar-refractivity contribution in [3.8, 4) is 0 Å². The third-order valence-electron chi connectivity index (χ3n) is 7.40. The molecular weight excluding hydrogens is 360 g/mol. The van der Waals surface area contributed by atoms with Crippen LogP contribution >= 0.6 is 0 Å². The second-order valence-electron chi connectivity index (χ2n) is 8.49. The molecular formula is C21H22N2O5. The third-order valence-corrected chi connectivity index (χ3v) is 7.40. The fourth-order valence-electron chi connectivity index (χ4n) is 5.55. The average Bonchev–Trinajstić information content (AvgIpc) is 3.39. The van der Waals surface area contributed by atoms with Gasteiger partial charge in [0.25, 0.3) is 0 Å². The molecule has 146 valence electrons. The molecule has 3 aliphatic heterocycles. The monoisotopic (exact) mass is 382 g/mol. The van der Waals surface area contributed by atoms with Crippen molar-refractivity contribution >= 4 is 28.7 Å². The summed E-state index contributed by atoms with van der Waals surface area (Å²) in [5.74, 6) is -2.01. The van der Waals surface area contributed by atoms with Crippen LogP contribution in [0.2, 0.25) is 0 Å². The van der Waals surface area contributed by atoms with E-state index >= 15 is 0 Å². The van der Waals surface area contributed by atoms with E-state index in [1.807, 2.05) is 24.3 Å². The fourth-order valence-corrected chi connectivity index (χ4v) is 5.55. The van der Waals surface area contributed by atoms with Crippen LogP contribution in [-0.4, -0.2) is 51.0 Å². The van der Waals surface area contributed by atoms with Crippen molar-refractivity contribution in [2.24, 2.45) is 10.8 Å². The van der Waals surface area contributed by atoms with Crippen molar-refractivity contribution in [1.82, 2.24) is 9.88 Å². The van der Waals surface area contributed by atoms with Gasteiger partial charge < -0.3 is 14.8 Å². The number of carboxylic acids is 1. The minimum Gasteiger partial charge on any atom is -0.480 e. The molecule has 5 rings (SSSR count). The predicted molar refractivity (Wildman–Crippen MR) is 99.4 cm³/mol. The Morgan fingerprint density at radius 2 is 1.82 bits per heavy atom. The molecule has 3 aliphatic rings. The molecule has 0 spiro atoms. The van der Waals surface area contributed by atoms with Crippen LogP contribution in [0.25, 0.3) is 10.9 Å². The van der Waals surface area contributed by atoms with E-state index in [1.165, 1.54) is 0 Å². The van der Waals surface area contributed by atoms with Gasteiger partial charge in [0.05, 0.1) is 23.0 Å². The highest BCUT2D eigenvalue weighted by atomic mass is 16.5. The summed E-state index contributed by atoms with van der Waals surface area (Å²) in [6.07, 6.45) is 2.62. The average molecular weight is 382 g/mol. The number of aliphatic carboxylic acids is 1. The summed E-state index contributed by atoms with van der Waals surface area (Å²) in [6.45, 7) is 3.53. The van der Waals surface area contributed by atoms with E-state index in [1.54, 1.807) is 20.0 Å². The first-order valence-corrected chi connectivity index (χ1v) is 9.61. The SMILES string of the molecule is C[C@@]12C(=O)N(C(Cc3c[nH]c4ccccc34)C(=O)O)C(=O)[C@]1(C)[C@H]1CC[C@@H]2O1. The highest BCUT2D eigenvalue weighted by molar-refractivity contribution is 6.12. The summed E-state index contributed by atoms with van der Waals surface area (Å²) in [6, 6.07) is 6.34. The molecule has 2 aromatic rings. The van der Waals surface area contributed by atoms with Gasteiger partial charge in [-0.05, 0) is 38.3 Å². The largest absolute Gasteiger partial charge is 0.480 e. The Morgan fingerprint density at radius 3 is 2.43 bits per heavy atom. The maximum absolute atomic E-state index is 13.4. The number of aromatic nitrogens is 1. The minimum absolute atomic E-state index is 0.0686. The number of H-pyrrole nitrogens is 1. The van der Waals surface area contributed by atoms with E-state index in [9.17, 15) is 19.5 Å². The lowest BCUT2D eigenvalue weighted by atomic mass is 9.59. The van der Waals surface area contributed by atoms with Crippen molar-refractivity contribution in [2.75, 3.05) is 0 Å². The predicted octanol–water partition coefficient (Wildman–Crippen LogP) is 2.11. The Kier molecular flexibility index (Phi) is 3.39. The van der Waals surface area contributed by atoms with Crippen LogP contribution in [0.15, 0.2) is 30.5 Å². The van der Waals surface area contributed by atoms with Gasteiger partial charge in [0.15, 0.2) is 0 Å². The van der Waals surface area contributed by atoms with Crippen LogP contribution in [0.1, 0.15) is 32.3 Å². The standard InChI is InChI=1S/C21H22N2O5/c1-20-15-7-8-16(28-15)21(20,2)19(27)23(18(20)26)14(17(24)25)9-11-10-22-13-6-4-3-5-12(11)13/h3-6,10,14-16,22H,7-9H2,1-2H3,(H,24,25)/t14?,15-,16+,20+,21-. The molecule has 2 N–H and O–H groups in total. The number of benzene rings is 1. The van der Waals surface area contributed by atoms with E-state index < -0.39 is 34.7 Å². The summed E-state index contributed by atoms with van der Waals surface area (Å²) in [5.41, 5.74) is -0.333. The number of para-hydroxylation sites is 1. The number of aromatic amines is 1. The van der Waals surface area contributed by atoms with Crippen LogP contribution in [0.5, 0.6) is 0 Å². The van der Waals surface area contributed by atoms with Gasteiger partial charge in [0.2, 0.25) is 11.8 Å². The first kappa shape index (κ1) is 17.4. The summed E-state index contributed by atoms with van der Waals surface area (Å²) in [7, 11) is 0. The number of hydrogen-bond acceptors (Lipinski definition) is 4. The number of ether oxygens (including phenoxy) is 1. The molecule has 4 heterocycles. The van der Waals surface area contributed by atoms with Gasteiger partial charge in [-0.1, -0.05) is 18.2 Å². The quantitative estimate of drug-likeness (QED) is 0.789. The molecule has 7 nitrogen and oxygen atoms in total. The molecule has 3 saturated heterocycles. The van der Waals surface area contributed by atoms with Crippen molar-refractivity contribution in [3.05, 3.63) is 36.0 Å². The second kappa shape index (κ2) is 5.44. The Balaban J connectivity index is 1.55. The summed E-state index contributed by atoms with van der Waals surface area (Å²) in [5, 5.41) is 10.8. The third kappa shape index (κ3) is 1.85.